The Bertz CT molecular complexity index is 1350. The lowest BCUT2D eigenvalue weighted by molar-refractivity contribution is -0.384. The van der Waals surface area contributed by atoms with Crippen molar-refractivity contribution in [3.05, 3.63) is 82.0 Å². The number of H-pyrrole nitrogens is 1. The van der Waals surface area contributed by atoms with E-state index in [-0.39, 0.29) is 17.5 Å². The number of aromatic nitrogens is 1. The monoisotopic (exact) mass is 516 g/mol. The van der Waals surface area contributed by atoms with E-state index in [1.165, 1.54) is 29.2 Å². The van der Waals surface area contributed by atoms with Crippen molar-refractivity contribution in [2.75, 3.05) is 26.2 Å². The molecular weight excluding hydrogens is 484 g/mol. The fourth-order valence-electron chi connectivity index (χ4n) is 6.03. The molecule has 38 heavy (non-hydrogen) atoms. The molecule has 0 radical (unpaired) electrons. The summed E-state index contributed by atoms with van der Waals surface area (Å²) in [5.41, 5.74) is 3.02. The SMILES string of the molecule is O=C(O)C(C1CCN(C(=O)C=Cc2cccc([N+](=O)[O-])c2)CC1)N1CCC(c2c[nH]c3ccccc23)CC1. The van der Waals surface area contributed by atoms with Crippen LogP contribution in [-0.2, 0) is 9.59 Å². The zero-order valence-corrected chi connectivity index (χ0v) is 21.2. The van der Waals surface area contributed by atoms with Gasteiger partial charge in [0.25, 0.3) is 5.69 Å². The Hall–Kier alpha value is -3.98. The molecule has 2 aliphatic rings. The Labute approximate surface area is 220 Å². The molecule has 0 saturated carbocycles. The maximum Gasteiger partial charge on any atom is 0.321 e. The van der Waals surface area contributed by atoms with Crippen LogP contribution in [0.1, 0.15) is 42.7 Å². The van der Waals surface area contributed by atoms with E-state index in [1.54, 1.807) is 23.1 Å². The van der Waals surface area contributed by atoms with Crippen LogP contribution in [0.15, 0.2) is 60.8 Å². The average molecular weight is 517 g/mol. The number of nitrogens with one attached hydrogen (secondary N) is 1. The van der Waals surface area contributed by atoms with Gasteiger partial charge >= 0.3 is 5.97 Å². The number of aromatic amines is 1. The third kappa shape index (κ3) is 5.47. The van der Waals surface area contributed by atoms with E-state index < -0.39 is 16.9 Å². The van der Waals surface area contributed by atoms with Crippen molar-refractivity contribution in [1.82, 2.24) is 14.8 Å². The van der Waals surface area contributed by atoms with Gasteiger partial charge < -0.3 is 15.0 Å². The van der Waals surface area contributed by atoms with Crippen LogP contribution >= 0.6 is 0 Å². The lowest BCUT2D eigenvalue weighted by atomic mass is 9.84. The summed E-state index contributed by atoms with van der Waals surface area (Å²) in [6, 6.07) is 13.9. The molecular formula is C29H32N4O5. The first-order chi connectivity index (χ1) is 18.4. The van der Waals surface area contributed by atoms with Gasteiger partial charge in [0.05, 0.1) is 4.92 Å². The van der Waals surface area contributed by atoms with Gasteiger partial charge in [0.2, 0.25) is 5.91 Å². The normalized spacial score (nSPS) is 18.7. The summed E-state index contributed by atoms with van der Waals surface area (Å²) in [7, 11) is 0. The minimum absolute atomic E-state index is 0.0121. The van der Waals surface area contributed by atoms with Crippen molar-refractivity contribution < 1.29 is 19.6 Å². The first-order valence-electron chi connectivity index (χ1n) is 13.1. The maximum absolute atomic E-state index is 12.7. The summed E-state index contributed by atoms with van der Waals surface area (Å²) >= 11 is 0. The number of nitrogens with zero attached hydrogens (tertiary/aromatic N) is 3. The molecule has 9 heteroatoms. The number of non-ortho nitro benzene ring substituents is 1. The number of hydrogen-bond donors (Lipinski definition) is 2. The number of para-hydroxylation sites is 1. The molecule has 3 heterocycles. The Kier molecular flexibility index (Phi) is 7.55. The van der Waals surface area contributed by atoms with E-state index in [2.05, 4.69) is 34.3 Å². The predicted molar refractivity (Wildman–Crippen MR) is 145 cm³/mol. The second kappa shape index (κ2) is 11.2. The zero-order chi connectivity index (χ0) is 26.6. The molecule has 2 N–H and O–H groups in total. The number of likely N-dealkylation sites (tertiary alicyclic amines) is 2. The Morgan fingerprint density at radius 3 is 2.47 bits per heavy atom. The average Bonchev–Trinajstić information content (AvgIpc) is 3.37. The van der Waals surface area contributed by atoms with E-state index in [0.29, 0.717) is 37.4 Å². The van der Waals surface area contributed by atoms with Crippen LogP contribution in [0.5, 0.6) is 0 Å². The smallest absolute Gasteiger partial charge is 0.321 e. The van der Waals surface area contributed by atoms with Crippen molar-refractivity contribution in [3.63, 3.8) is 0 Å². The summed E-state index contributed by atoms with van der Waals surface area (Å²) in [6.45, 7) is 2.48. The molecule has 198 valence electrons. The third-order valence-corrected chi connectivity index (χ3v) is 8.03. The summed E-state index contributed by atoms with van der Waals surface area (Å²) in [5.74, 6) is -0.552. The number of benzene rings is 2. The standard InChI is InChI=1S/C29H32N4O5/c34-27(9-8-20-4-3-5-23(18-20)33(37)38)31-14-12-22(13-15-31)28(29(35)36)32-16-10-21(11-17-32)25-19-30-26-7-2-1-6-24(25)26/h1-9,18-19,21-22,28,30H,10-17H2,(H,35,36). The van der Waals surface area contributed by atoms with E-state index in [4.69, 9.17) is 0 Å². The first kappa shape index (κ1) is 25.7. The molecule has 5 rings (SSSR count). The largest absolute Gasteiger partial charge is 0.480 e. The summed E-state index contributed by atoms with van der Waals surface area (Å²) in [4.78, 5) is 42.8. The molecule has 2 aliphatic heterocycles. The van der Waals surface area contributed by atoms with Crippen LogP contribution in [0.3, 0.4) is 0 Å². The molecule has 1 unspecified atom stereocenters. The topological polar surface area (TPSA) is 120 Å². The minimum atomic E-state index is -0.786. The van der Waals surface area contributed by atoms with Crippen LogP contribution in [0.2, 0.25) is 0 Å². The van der Waals surface area contributed by atoms with E-state index in [0.717, 1.165) is 31.4 Å². The van der Waals surface area contributed by atoms with Gasteiger partial charge in [-0.2, -0.15) is 0 Å². The molecule has 3 aromatic rings. The number of rotatable bonds is 7. The molecule has 0 spiro atoms. The number of aliphatic carboxylic acids is 1. The fraction of sp³-hybridized carbons (Fsp3) is 0.379. The lowest BCUT2D eigenvalue weighted by Gasteiger charge is -2.41. The molecule has 1 atom stereocenters. The molecule has 1 amide bonds. The number of hydrogen-bond acceptors (Lipinski definition) is 5. The number of piperidine rings is 2. The molecule has 0 aliphatic carbocycles. The molecule has 1 aromatic heterocycles. The molecule has 0 bridgehead atoms. The van der Waals surface area contributed by atoms with Gasteiger partial charge in [-0.25, -0.2) is 0 Å². The van der Waals surface area contributed by atoms with E-state index in [1.807, 2.05) is 6.07 Å². The highest BCUT2D eigenvalue weighted by atomic mass is 16.6. The van der Waals surface area contributed by atoms with Crippen molar-refractivity contribution >= 4 is 34.5 Å². The quantitative estimate of drug-likeness (QED) is 0.268. The minimum Gasteiger partial charge on any atom is -0.480 e. The number of carboxylic acids is 1. The van der Waals surface area contributed by atoms with Crippen LogP contribution in [0.25, 0.3) is 17.0 Å². The van der Waals surface area contributed by atoms with Crippen LogP contribution in [0, 0.1) is 16.0 Å². The van der Waals surface area contributed by atoms with Gasteiger partial charge in [0.1, 0.15) is 6.04 Å². The van der Waals surface area contributed by atoms with E-state index >= 15 is 0 Å². The van der Waals surface area contributed by atoms with Gasteiger partial charge in [-0.1, -0.05) is 30.3 Å². The first-order valence-corrected chi connectivity index (χ1v) is 13.1. The number of amides is 1. The zero-order valence-electron chi connectivity index (χ0n) is 21.2. The molecule has 2 fully saturated rings. The highest BCUT2D eigenvalue weighted by Crippen LogP contribution is 2.35. The molecule has 9 nitrogen and oxygen atoms in total. The van der Waals surface area contributed by atoms with Gasteiger partial charge in [-0.15, -0.1) is 0 Å². The second-order valence-corrected chi connectivity index (χ2v) is 10.2. The second-order valence-electron chi connectivity index (χ2n) is 10.2. The molecule has 2 aromatic carbocycles. The summed E-state index contributed by atoms with van der Waals surface area (Å²) in [5, 5.41) is 22.3. The van der Waals surface area contributed by atoms with Crippen LogP contribution in [-0.4, -0.2) is 68.9 Å². The predicted octanol–water partition coefficient (Wildman–Crippen LogP) is 4.66. The number of nitro benzene ring substituents is 1. The number of fused-ring (bicyclic) bond motifs is 1. The lowest BCUT2D eigenvalue weighted by Crippen LogP contribution is -2.52. The maximum atomic E-state index is 12.7. The van der Waals surface area contributed by atoms with Gasteiger partial charge in [0, 0.05) is 48.4 Å². The Balaban J connectivity index is 1.16. The number of carbonyl (C=O) groups excluding carboxylic acids is 1. The van der Waals surface area contributed by atoms with Crippen molar-refractivity contribution in [2.45, 2.75) is 37.6 Å². The van der Waals surface area contributed by atoms with Gasteiger partial charge in [-0.3, -0.25) is 24.6 Å². The van der Waals surface area contributed by atoms with Crippen LogP contribution < -0.4 is 0 Å². The highest BCUT2D eigenvalue weighted by Gasteiger charge is 2.38. The number of carbonyl (C=O) groups is 2. The Morgan fingerprint density at radius 2 is 1.76 bits per heavy atom. The van der Waals surface area contributed by atoms with Gasteiger partial charge in [-0.05, 0) is 73.9 Å². The number of carboxylic acid groups (broad SMARTS) is 1. The fourth-order valence-corrected chi connectivity index (χ4v) is 6.03. The summed E-state index contributed by atoms with van der Waals surface area (Å²) < 4.78 is 0. The van der Waals surface area contributed by atoms with E-state index in [9.17, 15) is 24.8 Å². The Morgan fingerprint density at radius 1 is 1.03 bits per heavy atom. The molecule has 2 saturated heterocycles. The van der Waals surface area contributed by atoms with Crippen molar-refractivity contribution in [3.8, 4) is 0 Å². The van der Waals surface area contributed by atoms with Crippen molar-refractivity contribution in [1.29, 1.82) is 0 Å². The highest BCUT2D eigenvalue weighted by molar-refractivity contribution is 5.92. The van der Waals surface area contributed by atoms with Crippen molar-refractivity contribution in [2.24, 2.45) is 5.92 Å². The van der Waals surface area contributed by atoms with Crippen LogP contribution in [0.4, 0.5) is 5.69 Å². The third-order valence-electron chi connectivity index (χ3n) is 8.03. The summed E-state index contributed by atoms with van der Waals surface area (Å²) in [6.07, 6.45) is 8.23. The van der Waals surface area contributed by atoms with Gasteiger partial charge in [0.15, 0.2) is 0 Å². The number of nitro groups is 1.